The van der Waals surface area contributed by atoms with E-state index in [-0.39, 0.29) is 43.0 Å². The van der Waals surface area contributed by atoms with Gasteiger partial charge in [-0.1, -0.05) is 0 Å². The van der Waals surface area contributed by atoms with Crippen LogP contribution in [0.25, 0.3) is 0 Å². The highest BCUT2D eigenvalue weighted by atomic mass is 31.2. The monoisotopic (exact) mass is 628 g/mol. The van der Waals surface area contributed by atoms with E-state index in [2.05, 4.69) is 16.6 Å². The van der Waals surface area contributed by atoms with E-state index in [9.17, 15) is 29.2 Å². The number of phenols is 1. The van der Waals surface area contributed by atoms with Crippen molar-refractivity contribution in [3.05, 3.63) is 18.2 Å². The van der Waals surface area contributed by atoms with Crippen molar-refractivity contribution in [2.45, 2.75) is 84.1 Å². The Hall–Kier alpha value is -3.34. The summed E-state index contributed by atoms with van der Waals surface area (Å²) in [6, 6.07) is 3.45. The Kier molecular flexibility index (Phi) is 14.8. The van der Waals surface area contributed by atoms with Crippen LogP contribution in [0.4, 0.5) is 10.5 Å². The molecule has 1 aliphatic heterocycles. The predicted octanol–water partition coefficient (Wildman–Crippen LogP) is 3.30. The minimum Gasteiger partial charge on any atom is -0.506 e. The first kappa shape index (κ1) is 35.9. The lowest BCUT2D eigenvalue weighted by molar-refractivity contribution is -0.280. The standard InChI is InChI=1S/C28H41N2O12P/c1-6-9-10-11-15-29-28(35)30-21-13-12-20(17-22(21)33)41-27-26(40-19(5)32)25(39-18(4)31)24(34)23(42-27)14-16-43(36,37-7-2)38-8-3/h1,12-13,17,23-27,33-34H,7-11,14-16H2,2-5H3,(H2,29,30,35)/t23-,24-,25+,26+,27+/m1/s1. The molecule has 240 valence electrons. The molecule has 1 heterocycles. The van der Waals surface area contributed by atoms with Crippen LogP contribution in [0.3, 0.4) is 0 Å². The molecule has 0 saturated carbocycles. The summed E-state index contributed by atoms with van der Waals surface area (Å²) in [6.07, 6.45) is 0.184. The molecule has 4 N–H and O–H groups in total. The number of aliphatic hydroxyl groups excluding tert-OH is 1. The van der Waals surface area contributed by atoms with E-state index in [4.69, 9.17) is 34.4 Å². The third kappa shape index (κ3) is 11.7. The van der Waals surface area contributed by atoms with E-state index < -0.39 is 56.3 Å². The first-order valence-electron chi connectivity index (χ1n) is 14.0. The summed E-state index contributed by atoms with van der Waals surface area (Å²) >= 11 is 0. The quantitative estimate of drug-likeness (QED) is 0.0689. The fraction of sp³-hybridized carbons (Fsp3) is 0.607. The number of phenolic OH excluding ortho intramolecular Hbond substituents is 1. The number of urea groups is 1. The zero-order valence-electron chi connectivity index (χ0n) is 24.8. The molecule has 1 aliphatic rings. The average molecular weight is 629 g/mol. The lowest BCUT2D eigenvalue weighted by Gasteiger charge is -2.43. The van der Waals surface area contributed by atoms with Gasteiger partial charge in [-0.05, 0) is 45.2 Å². The molecule has 2 rings (SSSR count). The Morgan fingerprint density at radius 2 is 1.72 bits per heavy atom. The molecule has 1 fully saturated rings. The number of rotatable bonds is 16. The molecule has 0 radical (unpaired) electrons. The molecule has 15 heteroatoms. The fourth-order valence-corrected chi connectivity index (χ4v) is 5.95. The van der Waals surface area contributed by atoms with Gasteiger partial charge in [-0.3, -0.25) is 14.2 Å². The minimum atomic E-state index is -3.53. The fourth-order valence-electron chi connectivity index (χ4n) is 4.26. The van der Waals surface area contributed by atoms with Gasteiger partial charge in [0.25, 0.3) is 0 Å². The number of ether oxygens (including phenoxy) is 4. The summed E-state index contributed by atoms with van der Waals surface area (Å²) in [7, 11) is -3.53. The number of hydrogen-bond acceptors (Lipinski definition) is 12. The van der Waals surface area contributed by atoms with Gasteiger partial charge in [0.2, 0.25) is 12.4 Å². The highest BCUT2D eigenvalue weighted by Gasteiger charge is 2.51. The van der Waals surface area contributed by atoms with Crippen LogP contribution in [-0.2, 0) is 37.4 Å². The summed E-state index contributed by atoms with van der Waals surface area (Å²) in [5.41, 5.74) is 0.0864. The molecule has 1 saturated heterocycles. The average Bonchev–Trinajstić information content (AvgIpc) is 2.92. The van der Waals surface area contributed by atoms with Crippen LogP contribution in [0, 0.1) is 12.3 Å². The topological polar surface area (TPSA) is 188 Å². The number of unbranched alkanes of at least 4 members (excludes halogenated alkanes) is 2. The van der Waals surface area contributed by atoms with Crippen molar-refractivity contribution >= 4 is 31.3 Å². The summed E-state index contributed by atoms with van der Waals surface area (Å²) in [5.74, 6) is 0.677. The van der Waals surface area contributed by atoms with Crippen LogP contribution in [0.2, 0.25) is 0 Å². The SMILES string of the molecule is C#CCCCCNC(=O)Nc1ccc(O[C@H]2O[C@H](CCP(=O)(OCC)OCC)[C@@H](O)[C@H](OC(C)=O)[C@@H]2OC(C)=O)cc1O. The smallest absolute Gasteiger partial charge is 0.330 e. The van der Waals surface area contributed by atoms with E-state index in [0.29, 0.717) is 19.4 Å². The van der Waals surface area contributed by atoms with Gasteiger partial charge in [0.15, 0.2) is 6.10 Å². The second-order valence-corrected chi connectivity index (χ2v) is 11.7. The van der Waals surface area contributed by atoms with Crippen LogP contribution in [0.5, 0.6) is 11.5 Å². The van der Waals surface area contributed by atoms with Gasteiger partial charge in [-0.2, -0.15) is 0 Å². The molecule has 0 aromatic heterocycles. The van der Waals surface area contributed by atoms with Gasteiger partial charge < -0.3 is 48.8 Å². The Labute approximate surface area is 251 Å². The third-order valence-corrected chi connectivity index (χ3v) is 8.17. The van der Waals surface area contributed by atoms with Gasteiger partial charge in [-0.15, -0.1) is 12.3 Å². The largest absolute Gasteiger partial charge is 0.506 e. The number of esters is 2. The van der Waals surface area contributed by atoms with Crippen molar-refractivity contribution in [3.8, 4) is 23.8 Å². The molecule has 43 heavy (non-hydrogen) atoms. The highest BCUT2D eigenvalue weighted by molar-refractivity contribution is 7.53. The van der Waals surface area contributed by atoms with Crippen molar-refractivity contribution in [2.75, 3.05) is 31.2 Å². The Bertz CT molecular complexity index is 1160. The number of benzene rings is 1. The van der Waals surface area contributed by atoms with E-state index in [1.807, 2.05) is 0 Å². The lowest BCUT2D eigenvalue weighted by atomic mass is 9.96. The van der Waals surface area contributed by atoms with E-state index in [1.165, 1.54) is 18.2 Å². The zero-order valence-corrected chi connectivity index (χ0v) is 25.7. The number of carbonyl (C=O) groups is 3. The number of terminal acetylenes is 1. The van der Waals surface area contributed by atoms with Gasteiger partial charge in [0.05, 0.1) is 31.2 Å². The zero-order chi connectivity index (χ0) is 32.0. The number of aliphatic hydroxyl groups is 1. The molecular formula is C28H41N2O12P. The highest BCUT2D eigenvalue weighted by Crippen LogP contribution is 2.49. The second-order valence-electron chi connectivity index (χ2n) is 9.48. The normalized spacial score (nSPS) is 21.7. The van der Waals surface area contributed by atoms with Crippen molar-refractivity contribution < 1.29 is 57.2 Å². The maximum absolute atomic E-state index is 13.0. The molecule has 0 unspecified atom stereocenters. The van der Waals surface area contributed by atoms with Gasteiger partial charge in [0.1, 0.15) is 17.6 Å². The van der Waals surface area contributed by atoms with Crippen LogP contribution >= 0.6 is 7.60 Å². The Morgan fingerprint density at radius 1 is 1.07 bits per heavy atom. The first-order chi connectivity index (χ1) is 20.4. The number of carbonyl (C=O) groups excluding carboxylic acids is 3. The molecular weight excluding hydrogens is 587 g/mol. The molecule has 0 spiro atoms. The van der Waals surface area contributed by atoms with Crippen molar-refractivity contribution in [1.29, 1.82) is 0 Å². The third-order valence-electron chi connectivity index (χ3n) is 6.06. The van der Waals surface area contributed by atoms with Crippen LogP contribution in [0.15, 0.2) is 18.2 Å². The number of anilines is 1. The number of aromatic hydroxyl groups is 1. The lowest BCUT2D eigenvalue weighted by Crippen LogP contribution is -2.61. The summed E-state index contributed by atoms with van der Waals surface area (Å²) in [6.45, 7) is 6.21. The maximum Gasteiger partial charge on any atom is 0.330 e. The van der Waals surface area contributed by atoms with Gasteiger partial charge >= 0.3 is 25.6 Å². The molecule has 0 aliphatic carbocycles. The Morgan fingerprint density at radius 3 is 2.30 bits per heavy atom. The predicted molar refractivity (Wildman–Crippen MR) is 155 cm³/mol. The molecule has 5 atom stereocenters. The van der Waals surface area contributed by atoms with Gasteiger partial charge in [-0.25, -0.2) is 4.79 Å². The van der Waals surface area contributed by atoms with Gasteiger partial charge in [0, 0.05) is 32.9 Å². The van der Waals surface area contributed by atoms with Crippen molar-refractivity contribution in [1.82, 2.24) is 5.32 Å². The molecule has 1 aromatic rings. The van der Waals surface area contributed by atoms with Crippen LogP contribution < -0.4 is 15.4 Å². The summed E-state index contributed by atoms with van der Waals surface area (Å²) in [4.78, 5) is 36.0. The minimum absolute atomic E-state index is 0.0333. The number of hydrogen-bond donors (Lipinski definition) is 4. The maximum atomic E-state index is 13.0. The summed E-state index contributed by atoms with van der Waals surface area (Å²) in [5, 5.41) is 26.8. The van der Waals surface area contributed by atoms with E-state index in [0.717, 1.165) is 20.3 Å². The first-order valence-corrected chi connectivity index (χ1v) is 15.7. The molecule has 2 amide bonds. The Balaban J connectivity index is 2.24. The number of amides is 2. The molecule has 14 nitrogen and oxygen atoms in total. The molecule has 0 bridgehead atoms. The number of nitrogens with one attached hydrogen (secondary N) is 2. The van der Waals surface area contributed by atoms with Crippen molar-refractivity contribution in [3.63, 3.8) is 0 Å². The second kappa shape index (κ2) is 17.7. The van der Waals surface area contributed by atoms with E-state index in [1.54, 1.807) is 13.8 Å². The molecule has 1 aromatic carbocycles. The van der Waals surface area contributed by atoms with Crippen molar-refractivity contribution in [2.24, 2.45) is 0 Å². The van der Waals surface area contributed by atoms with E-state index >= 15 is 0 Å². The van der Waals surface area contributed by atoms with Crippen LogP contribution in [0.1, 0.15) is 53.4 Å². The summed E-state index contributed by atoms with van der Waals surface area (Å²) < 4.78 is 46.1. The van der Waals surface area contributed by atoms with Crippen LogP contribution in [-0.4, -0.2) is 84.8 Å².